The van der Waals surface area contributed by atoms with Gasteiger partial charge in [0.15, 0.2) is 0 Å². The average Bonchev–Trinajstić information content (AvgIpc) is 3.35. The fraction of sp³-hybridized carbons (Fsp3) is 1.00. The summed E-state index contributed by atoms with van der Waals surface area (Å²) in [6.45, 7) is 7.43. The molecule has 0 aromatic rings. The van der Waals surface area contributed by atoms with E-state index in [1.807, 2.05) is 0 Å². The zero-order valence-corrected chi connectivity index (χ0v) is 12.2. The Balaban J connectivity index is 0.000000393. The summed E-state index contributed by atoms with van der Waals surface area (Å²) in [4.78, 5) is 0. The summed E-state index contributed by atoms with van der Waals surface area (Å²) < 4.78 is 36.6. The molecule has 4 aliphatic rings. The van der Waals surface area contributed by atoms with E-state index in [-0.39, 0.29) is 24.4 Å². The highest BCUT2D eigenvalue weighted by Gasteiger charge is 2.27. The molecule has 21 heavy (non-hydrogen) atoms. The molecule has 122 valence electrons. The minimum Gasteiger partial charge on any atom is -0.377 e. The molecule has 4 saturated heterocycles. The zero-order valence-electron chi connectivity index (χ0n) is 12.2. The third-order valence-corrected chi connectivity index (χ3v) is 3.14. The zero-order chi connectivity index (χ0) is 14.3. The molecule has 4 heterocycles. The fourth-order valence-electron chi connectivity index (χ4n) is 1.54. The van der Waals surface area contributed by atoms with Crippen LogP contribution in [0.5, 0.6) is 0 Å². The first-order valence-electron chi connectivity index (χ1n) is 7.60. The average molecular weight is 304 g/mol. The highest BCUT2D eigenvalue weighted by molar-refractivity contribution is 4.72. The van der Waals surface area contributed by atoms with Gasteiger partial charge in [-0.3, -0.25) is 0 Å². The summed E-state index contributed by atoms with van der Waals surface area (Å²) in [5.74, 6) is 0. The maximum Gasteiger partial charge on any atom is 0.104 e. The number of hydrogen-bond donors (Lipinski definition) is 0. The first-order chi connectivity index (χ1) is 10.4. The van der Waals surface area contributed by atoms with Crippen LogP contribution >= 0.6 is 0 Å². The van der Waals surface area contributed by atoms with Gasteiger partial charge in [-0.25, -0.2) is 0 Å². The molecule has 3 unspecified atom stereocenters. The minimum atomic E-state index is -0.0355. The second-order valence-electron chi connectivity index (χ2n) is 5.51. The molecule has 4 rings (SSSR count). The van der Waals surface area contributed by atoms with Crippen LogP contribution in [0, 0.1) is 0 Å². The van der Waals surface area contributed by atoms with Gasteiger partial charge in [-0.15, -0.1) is 0 Å². The van der Waals surface area contributed by atoms with E-state index in [2.05, 4.69) is 4.74 Å². The summed E-state index contributed by atoms with van der Waals surface area (Å²) in [6.07, 6.45) is 0.814. The van der Waals surface area contributed by atoms with E-state index >= 15 is 0 Å². The van der Waals surface area contributed by atoms with E-state index in [1.165, 1.54) is 0 Å². The van der Waals surface area contributed by atoms with Gasteiger partial charge in [0.1, 0.15) is 24.4 Å². The molecule has 0 radical (unpaired) electrons. The molecule has 7 heteroatoms. The summed E-state index contributed by atoms with van der Waals surface area (Å²) in [7, 11) is 0. The molecule has 0 aromatic carbocycles. The van der Waals surface area contributed by atoms with Crippen LogP contribution < -0.4 is 0 Å². The van der Waals surface area contributed by atoms with E-state index in [0.29, 0.717) is 33.0 Å². The lowest BCUT2D eigenvalue weighted by molar-refractivity contribution is -0.0661. The third kappa shape index (κ3) is 8.67. The quantitative estimate of drug-likeness (QED) is 0.481. The lowest BCUT2D eigenvalue weighted by atomic mass is 10.4. The van der Waals surface area contributed by atoms with Gasteiger partial charge < -0.3 is 33.2 Å². The molecule has 4 fully saturated rings. The first-order valence-corrected chi connectivity index (χ1v) is 7.60. The van der Waals surface area contributed by atoms with Crippen molar-refractivity contribution in [2.75, 3.05) is 66.1 Å². The molecule has 0 aliphatic carbocycles. The van der Waals surface area contributed by atoms with Gasteiger partial charge in [0.2, 0.25) is 0 Å². The highest BCUT2D eigenvalue weighted by atomic mass is 16.6. The monoisotopic (exact) mass is 304 g/mol. The first kappa shape index (κ1) is 15.6. The standard InChI is InChI=1S/C12H20O6.C2H4O/c1(13-3-10-5-16-10)9(15-7-12-8-18-12)2-14-4-11-6-17-11;1-2-3-1/h9-12H,1-8H2;1-2H2. The molecule has 0 saturated carbocycles. The van der Waals surface area contributed by atoms with E-state index in [9.17, 15) is 0 Å². The van der Waals surface area contributed by atoms with Crippen LogP contribution in [-0.4, -0.2) is 90.5 Å². The lowest BCUT2D eigenvalue weighted by Gasteiger charge is -2.17. The smallest absolute Gasteiger partial charge is 0.104 e. The second kappa shape index (κ2) is 8.38. The number of ether oxygens (including phenoxy) is 7. The van der Waals surface area contributed by atoms with Gasteiger partial charge in [-0.05, 0) is 0 Å². The van der Waals surface area contributed by atoms with Crippen molar-refractivity contribution in [3.8, 4) is 0 Å². The third-order valence-electron chi connectivity index (χ3n) is 3.14. The Morgan fingerprint density at radius 3 is 1.57 bits per heavy atom. The Bertz CT molecular complexity index is 266. The van der Waals surface area contributed by atoms with E-state index in [4.69, 9.17) is 28.4 Å². The van der Waals surface area contributed by atoms with Crippen LogP contribution in [0.4, 0.5) is 0 Å². The predicted octanol–water partition coefficient (Wildman–Crippen LogP) is -0.382. The topological polar surface area (TPSA) is 77.8 Å². The van der Waals surface area contributed by atoms with Crippen LogP contribution in [0.15, 0.2) is 0 Å². The van der Waals surface area contributed by atoms with Gasteiger partial charge >= 0.3 is 0 Å². The van der Waals surface area contributed by atoms with Gasteiger partial charge in [0, 0.05) is 0 Å². The summed E-state index contributed by atoms with van der Waals surface area (Å²) in [5, 5.41) is 0. The van der Waals surface area contributed by atoms with Crippen molar-refractivity contribution in [3.63, 3.8) is 0 Å². The number of epoxide rings is 4. The maximum absolute atomic E-state index is 5.71. The Morgan fingerprint density at radius 2 is 1.19 bits per heavy atom. The maximum atomic E-state index is 5.71. The lowest BCUT2D eigenvalue weighted by Crippen LogP contribution is -2.28. The van der Waals surface area contributed by atoms with Crippen molar-refractivity contribution in [3.05, 3.63) is 0 Å². The normalized spacial score (nSPS) is 32.9. The summed E-state index contributed by atoms with van der Waals surface area (Å²) >= 11 is 0. The van der Waals surface area contributed by atoms with Crippen molar-refractivity contribution < 1.29 is 33.2 Å². The molecule has 0 spiro atoms. The Kier molecular flexibility index (Phi) is 6.23. The van der Waals surface area contributed by atoms with Crippen LogP contribution in [0.25, 0.3) is 0 Å². The van der Waals surface area contributed by atoms with E-state index in [0.717, 1.165) is 33.0 Å². The van der Waals surface area contributed by atoms with Crippen LogP contribution in [0.3, 0.4) is 0 Å². The molecule has 7 nitrogen and oxygen atoms in total. The van der Waals surface area contributed by atoms with Gasteiger partial charge in [0.25, 0.3) is 0 Å². The SMILES string of the molecule is C(OCC1CO1)C(COCC1CO1)OCC1CO1.C1CO1. The molecule has 0 amide bonds. The molecular formula is C14H24O7. The van der Waals surface area contributed by atoms with E-state index < -0.39 is 0 Å². The number of rotatable bonds is 11. The van der Waals surface area contributed by atoms with E-state index in [1.54, 1.807) is 0 Å². The molecule has 0 aromatic heterocycles. The van der Waals surface area contributed by atoms with Crippen molar-refractivity contribution >= 4 is 0 Å². The fourth-order valence-corrected chi connectivity index (χ4v) is 1.54. The second-order valence-corrected chi connectivity index (χ2v) is 5.51. The van der Waals surface area contributed by atoms with Crippen LogP contribution in [0.1, 0.15) is 0 Å². The molecule has 4 aliphatic heterocycles. The Hall–Kier alpha value is -0.280. The van der Waals surface area contributed by atoms with Crippen molar-refractivity contribution in [2.45, 2.75) is 24.4 Å². The van der Waals surface area contributed by atoms with Crippen LogP contribution in [-0.2, 0) is 33.2 Å². The minimum absolute atomic E-state index is 0.0355. The van der Waals surface area contributed by atoms with Gasteiger partial charge in [-0.2, -0.15) is 0 Å². The van der Waals surface area contributed by atoms with Crippen molar-refractivity contribution in [1.29, 1.82) is 0 Å². The molecular weight excluding hydrogens is 280 g/mol. The number of hydrogen-bond acceptors (Lipinski definition) is 7. The van der Waals surface area contributed by atoms with Crippen molar-refractivity contribution in [2.24, 2.45) is 0 Å². The van der Waals surface area contributed by atoms with Crippen LogP contribution in [0.2, 0.25) is 0 Å². The molecule has 0 N–H and O–H groups in total. The molecule has 3 atom stereocenters. The molecule has 0 bridgehead atoms. The summed E-state index contributed by atoms with van der Waals surface area (Å²) in [6, 6.07) is 0. The largest absolute Gasteiger partial charge is 0.377 e. The summed E-state index contributed by atoms with van der Waals surface area (Å²) in [5.41, 5.74) is 0. The van der Waals surface area contributed by atoms with Gasteiger partial charge in [-0.1, -0.05) is 0 Å². The Labute approximate surface area is 124 Å². The highest BCUT2D eigenvalue weighted by Crippen LogP contribution is 2.13. The Morgan fingerprint density at radius 1 is 0.762 bits per heavy atom. The predicted molar refractivity (Wildman–Crippen MR) is 71.4 cm³/mol. The van der Waals surface area contributed by atoms with Crippen molar-refractivity contribution in [1.82, 2.24) is 0 Å². The van der Waals surface area contributed by atoms with Gasteiger partial charge in [0.05, 0.1) is 66.1 Å².